The van der Waals surface area contributed by atoms with Crippen LogP contribution in [0.2, 0.25) is 0 Å². The molecule has 15 heavy (non-hydrogen) atoms. The third-order valence-electron chi connectivity index (χ3n) is 2.30. The summed E-state index contributed by atoms with van der Waals surface area (Å²) in [6.45, 7) is 4.17. The summed E-state index contributed by atoms with van der Waals surface area (Å²) in [7, 11) is 5.90. The Balaban J connectivity index is 3.46. The lowest BCUT2D eigenvalue weighted by molar-refractivity contribution is -0.118. The summed E-state index contributed by atoms with van der Waals surface area (Å²) >= 11 is 0. The van der Waals surface area contributed by atoms with Crippen LogP contribution in [0.4, 0.5) is 0 Å². The molecule has 0 aliphatic heterocycles. The molecule has 0 aromatic heterocycles. The number of likely N-dealkylation sites (N-methyl/N-ethyl adjacent to an activating group) is 1. The Hall–Kier alpha value is -0.650. The second-order valence-electron chi connectivity index (χ2n) is 3.95. The number of ether oxygens (including phenoxy) is 1. The quantitative estimate of drug-likeness (QED) is 0.568. The molecule has 1 amide bonds. The zero-order valence-electron chi connectivity index (χ0n) is 10.2. The third kappa shape index (κ3) is 8.35. The fourth-order valence-electron chi connectivity index (χ4n) is 0.941. The first-order valence-corrected chi connectivity index (χ1v) is 5.18. The van der Waals surface area contributed by atoms with Crippen LogP contribution < -0.4 is 5.73 Å². The number of nitrogens with zero attached hydrogens (tertiary/aromatic N) is 2. The van der Waals surface area contributed by atoms with E-state index in [0.29, 0.717) is 19.6 Å². The summed E-state index contributed by atoms with van der Waals surface area (Å²) in [6, 6.07) is 0. The second-order valence-corrected chi connectivity index (χ2v) is 3.95. The Kier molecular flexibility index (Phi) is 7.29. The first-order valence-electron chi connectivity index (χ1n) is 5.18. The van der Waals surface area contributed by atoms with Crippen molar-refractivity contribution in [3.05, 3.63) is 0 Å². The maximum absolute atomic E-state index is 10.5. The molecule has 5 nitrogen and oxygen atoms in total. The molecule has 90 valence electrons. The molecule has 0 bridgehead atoms. The first kappa shape index (κ1) is 14.3. The van der Waals surface area contributed by atoms with Gasteiger partial charge < -0.3 is 15.4 Å². The molecule has 0 aromatic carbocycles. The van der Waals surface area contributed by atoms with Crippen LogP contribution in [0.1, 0.15) is 13.3 Å². The van der Waals surface area contributed by atoms with Gasteiger partial charge in [-0.25, -0.2) is 0 Å². The van der Waals surface area contributed by atoms with Crippen molar-refractivity contribution in [2.24, 2.45) is 5.73 Å². The van der Waals surface area contributed by atoms with Crippen molar-refractivity contribution in [2.45, 2.75) is 19.6 Å². The average Bonchev–Trinajstić information content (AvgIpc) is 2.14. The monoisotopic (exact) mass is 217 g/mol. The smallest absolute Gasteiger partial charge is 0.218 e. The van der Waals surface area contributed by atoms with Crippen molar-refractivity contribution in [1.82, 2.24) is 9.80 Å². The summed E-state index contributed by atoms with van der Waals surface area (Å²) in [5.41, 5.74) is 5.05. The molecule has 0 saturated heterocycles. The normalized spacial score (nSPS) is 13.5. The summed E-state index contributed by atoms with van der Waals surface area (Å²) in [5, 5.41) is 0. The van der Waals surface area contributed by atoms with Gasteiger partial charge in [0.15, 0.2) is 0 Å². The van der Waals surface area contributed by atoms with Crippen LogP contribution in [0.25, 0.3) is 0 Å². The van der Waals surface area contributed by atoms with Crippen LogP contribution in [-0.4, -0.2) is 62.8 Å². The highest BCUT2D eigenvalue weighted by Gasteiger charge is 2.05. The number of carbonyl (C=O) groups is 1. The first-order chi connectivity index (χ1) is 6.93. The Morgan fingerprint density at radius 3 is 2.40 bits per heavy atom. The zero-order valence-corrected chi connectivity index (χ0v) is 10.2. The Morgan fingerprint density at radius 2 is 1.93 bits per heavy atom. The van der Waals surface area contributed by atoms with Gasteiger partial charge >= 0.3 is 0 Å². The molecule has 0 rings (SSSR count). The van der Waals surface area contributed by atoms with Crippen LogP contribution >= 0.6 is 0 Å². The number of nitrogens with two attached hydrogens (primary N) is 1. The highest BCUT2D eigenvalue weighted by atomic mass is 16.5. The molecule has 1 atom stereocenters. The lowest BCUT2D eigenvalue weighted by Gasteiger charge is -2.22. The molecule has 0 saturated carbocycles. The minimum Gasteiger partial charge on any atom is -0.370 e. The van der Waals surface area contributed by atoms with Crippen molar-refractivity contribution < 1.29 is 9.53 Å². The van der Waals surface area contributed by atoms with E-state index in [0.717, 1.165) is 6.54 Å². The molecule has 0 spiro atoms. The van der Waals surface area contributed by atoms with Crippen molar-refractivity contribution in [1.29, 1.82) is 0 Å². The predicted molar refractivity (Wildman–Crippen MR) is 60.4 cm³/mol. The van der Waals surface area contributed by atoms with Gasteiger partial charge in [-0.15, -0.1) is 0 Å². The number of primary amides is 1. The zero-order chi connectivity index (χ0) is 11.8. The van der Waals surface area contributed by atoms with Crippen molar-refractivity contribution in [2.75, 3.05) is 40.8 Å². The maximum atomic E-state index is 10.5. The van der Waals surface area contributed by atoms with Gasteiger partial charge in [-0.3, -0.25) is 9.69 Å². The van der Waals surface area contributed by atoms with Gasteiger partial charge in [0.05, 0.1) is 6.61 Å². The highest BCUT2D eigenvalue weighted by molar-refractivity contribution is 5.73. The van der Waals surface area contributed by atoms with Crippen molar-refractivity contribution >= 4 is 5.91 Å². The van der Waals surface area contributed by atoms with Gasteiger partial charge in [0.1, 0.15) is 6.23 Å². The van der Waals surface area contributed by atoms with Gasteiger partial charge in [0.2, 0.25) is 5.91 Å². The number of carbonyl (C=O) groups excluding carboxylic acids is 1. The number of amides is 1. The molecule has 0 heterocycles. The van der Waals surface area contributed by atoms with E-state index in [1.54, 1.807) is 0 Å². The minimum absolute atomic E-state index is 0.120. The summed E-state index contributed by atoms with van der Waals surface area (Å²) in [4.78, 5) is 14.6. The van der Waals surface area contributed by atoms with E-state index in [2.05, 4.69) is 0 Å². The second kappa shape index (κ2) is 7.62. The van der Waals surface area contributed by atoms with Crippen molar-refractivity contribution in [3.63, 3.8) is 0 Å². The number of hydrogen-bond donors (Lipinski definition) is 1. The number of rotatable bonds is 8. The van der Waals surface area contributed by atoms with Crippen LogP contribution in [0.15, 0.2) is 0 Å². The fraction of sp³-hybridized carbons (Fsp3) is 0.900. The fourth-order valence-corrected chi connectivity index (χ4v) is 0.941. The Labute approximate surface area is 92.2 Å². The summed E-state index contributed by atoms with van der Waals surface area (Å²) in [6.07, 6.45) is 0.522. The van der Waals surface area contributed by atoms with E-state index in [9.17, 15) is 4.79 Å². The van der Waals surface area contributed by atoms with Crippen LogP contribution in [0.5, 0.6) is 0 Å². The van der Waals surface area contributed by atoms with Gasteiger partial charge in [-0.05, 0) is 28.1 Å². The predicted octanol–water partition coefficient (Wildman–Crippen LogP) is -0.282. The molecule has 2 N–H and O–H groups in total. The lowest BCUT2D eigenvalue weighted by Crippen LogP contribution is -2.32. The van der Waals surface area contributed by atoms with Gasteiger partial charge in [-0.2, -0.15) is 0 Å². The Bertz CT molecular complexity index is 186. The summed E-state index contributed by atoms with van der Waals surface area (Å²) < 4.78 is 5.55. The largest absolute Gasteiger partial charge is 0.370 e. The van der Waals surface area contributed by atoms with Crippen LogP contribution in [0.3, 0.4) is 0 Å². The van der Waals surface area contributed by atoms with Crippen LogP contribution in [-0.2, 0) is 9.53 Å². The van der Waals surface area contributed by atoms with E-state index < -0.39 is 0 Å². The molecule has 0 radical (unpaired) electrons. The highest BCUT2D eigenvalue weighted by Crippen LogP contribution is 1.94. The molecule has 5 heteroatoms. The van der Waals surface area contributed by atoms with Gasteiger partial charge in [0.25, 0.3) is 0 Å². The topological polar surface area (TPSA) is 58.8 Å². The molecule has 0 aliphatic rings. The SMILES string of the molecule is CC(OCCN(C)CCC(N)=O)N(C)C. The molecule has 0 aliphatic carbocycles. The van der Waals surface area contributed by atoms with E-state index in [1.165, 1.54) is 0 Å². The van der Waals surface area contributed by atoms with E-state index in [-0.39, 0.29) is 12.1 Å². The Morgan fingerprint density at radius 1 is 1.33 bits per heavy atom. The van der Waals surface area contributed by atoms with E-state index in [1.807, 2.05) is 37.9 Å². The third-order valence-corrected chi connectivity index (χ3v) is 2.30. The standard InChI is InChI=1S/C10H23N3O2/c1-9(12(2)3)15-8-7-13(4)6-5-10(11)14/h9H,5-8H2,1-4H3,(H2,11,14). The van der Waals surface area contributed by atoms with Crippen LogP contribution in [0, 0.1) is 0 Å². The molecule has 0 fully saturated rings. The minimum atomic E-state index is -0.260. The molecule has 1 unspecified atom stereocenters. The van der Waals surface area contributed by atoms with Gasteiger partial charge in [-0.1, -0.05) is 0 Å². The van der Waals surface area contributed by atoms with Crippen molar-refractivity contribution in [3.8, 4) is 0 Å². The maximum Gasteiger partial charge on any atom is 0.218 e. The number of hydrogen-bond acceptors (Lipinski definition) is 4. The summed E-state index contributed by atoms with van der Waals surface area (Å²) in [5.74, 6) is -0.260. The molecular weight excluding hydrogens is 194 g/mol. The van der Waals surface area contributed by atoms with E-state index in [4.69, 9.17) is 10.5 Å². The van der Waals surface area contributed by atoms with E-state index >= 15 is 0 Å². The average molecular weight is 217 g/mol. The molecular formula is C10H23N3O2. The molecule has 0 aromatic rings. The van der Waals surface area contributed by atoms with Gasteiger partial charge in [0, 0.05) is 19.5 Å². The lowest BCUT2D eigenvalue weighted by atomic mass is 10.4.